The predicted octanol–water partition coefficient (Wildman–Crippen LogP) is 3.93. The van der Waals surface area contributed by atoms with Gasteiger partial charge in [0.1, 0.15) is 0 Å². The van der Waals surface area contributed by atoms with Gasteiger partial charge in [0.05, 0.1) is 35.0 Å². The van der Waals surface area contributed by atoms with Gasteiger partial charge < -0.3 is 34.3 Å². The third kappa shape index (κ3) is 6.48. The number of nitrogens with zero attached hydrogens (tertiary/aromatic N) is 1. The van der Waals surface area contributed by atoms with E-state index in [1.807, 2.05) is 37.3 Å². The van der Waals surface area contributed by atoms with Crippen molar-refractivity contribution in [2.24, 2.45) is 4.99 Å². The van der Waals surface area contributed by atoms with E-state index < -0.39 is 0 Å². The zero-order chi connectivity index (χ0) is 21.2. The Morgan fingerprint density at radius 1 is 0.867 bits per heavy atom. The van der Waals surface area contributed by atoms with Crippen molar-refractivity contribution < 1.29 is 23.7 Å². The van der Waals surface area contributed by atoms with Crippen molar-refractivity contribution in [1.29, 1.82) is 0 Å². The minimum absolute atomic E-state index is 0. The van der Waals surface area contributed by atoms with Crippen LogP contribution in [0.4, 0.5) is 5.69 Å². The first-order valence-corrected chi connectivity index (χ1v) is 9.17. The second-order valence-electron chi connectivity index (χ2n) is 5.88. The highest BCUT2D eigenvalue weighted by Crippen LogP contribution is 2.38. The van der Waals surface area contributed by atoms with Gasteiger partial charge in [0.15, 0.2) is 29.0 Å². The zero-order valence-corrected chi connectivity index (χ0v) is 20.5. The topological polar surface area (TPSA) is 82.6 Å². The molecule has 0 fully saturated rings. The van der Waals surface area contributed by atoms with E-state index in [2.05, 4.69) is 15.6 Å². The lowest BCUT2D eigenvalue weighted by molar-refractivity contribution is 0.311. The predicted molar refractivity (Wildman–Crippen MR) is 129 cm³/mol. The molecule has 0 radical (unpaired) electrons. The fraction of sp³-hybridized carbons (Fsp3) is 0.381. The molecule has 0 aliphatic rings. The first-order chi connectivity index (χ1) is 14.1. The molecule has 2 N–H and O–H groups in total. The molecule has 0 atom stereocenters. The lowest BCUT2D eigenvalue weighted by Gasteiger charge is -2.16. The molecule has 0 heterocycles. The van der Waals surface area contributed by atoms with Crippen molar-refractivity contribution >= 4 is 35.6 Å². The number of nitrogens with one attached hydrogen (secondary N) is 2. The molecule has 30 heavy (non-hydrogen) atoms. The molecule has 0 spiro atoms. The van der Waals surface area contributed by atoms with Gasteiger partial charge in [-0.25, -0.2) is 0 Å². The van der Waals surface area contributed by atoms with Crippen LogP contribution in [0.25, 0.3) is 0 Å². The van der Waals surface area contributed by atoms with Gasteiger partial charge in [-0.15, -0.1) is 24.0 Å². The summed E-state index contributed by atoms with van der Waals surface area (Å²) in [6.07, 6.45) is 0. The van der Waals surface area contributed by atoms with Gasteiger partial charge in [0.25, 0.3) is 0 Å². The summed E-state index contributed by atoms with van der Waals surface area (Å²) in [6.45, 7) is 2.98. The van der Waals surface area contributed by atoms with Crippen molar-refractivity contribution in [2.45, 2.75) is 13.5 Å². The number of hydrogen-bond acceptors (Lipinski definition) is 6. The van der Waals surface area contributed by atoms with Crippen molar-refractivity contribution in [3.05, 3.63) is 35.9 Å². The standard InChI is InChI=1S/C21H29N3O5.HI/c1-7-29-17-12-15(8-9-16(17)25-3)24-21(22-2)23-13-14-10-18(26-4)20(28-6)19(11-14)27-5;/h8-12H,7,13H2,1-6H3,(H2,22,23,24);1H. The summed E-state index contributed by atoms with van der Waals surface area (Å²) < 4.78 is 27.1. The summed E-state index contributed by atoms with van der Waals surface area (Å²) in [6, 6.07) is 9.40. The van der Waals surface area contributed by atoms with Crippen LogP contribution in [0.1, 0.15) is 12.5 Å². The number of rotatable bonds is 9. The summed E-state index contributed by atoms with van der Waals surface area (Å²) in [4.78, 5) is 4.27. The van der Waals surface area contributed by atoms with Crippen molar-refractivity contribution in [1.82, 2.24) is 5.32 Å². The summed E-state index contributed by atoms with van der Waals surface area (Å²) in [5, 5.41) is 6.51. The van der Waals surface area contributed by atoms with Crippen molar-refractivity contribution in [2.75, 3.05) is 47.4 Å². The SMILES string of the molecule is CCOc1cc(NC(=NC)NCc2cc(OC)c(OC)c(OC)c2)ccc1OC.I. The number of halogens is 1. The molecule has 166 valence electrons. The highest BCUT2D eigenvalue weighted by atomic mass is 127. The van der Waals surface area contributed by atoms with Gasteiger partial charge in [-0.1, -0.05) is 0 Å². The molecule has 0 saturated carbocycles. The molecule has 2 aromatic carbocycles. The van der Waals surface area contributed by atoms with Gasteiger partial charge in [-0.05, 0) is 36.8 Å². The van der Waals surface area contributed by atoms with Crippen LogP contribution in [0.2, 0.25) is 0 Å². The highest BCUT2D eigenvalue weighted by molar-refractivity contribution is 14.0. The molecule has 0 saturated heterocycles. The van der Waals surface area contributed by atoms with Crippen LogP contribution in [0.3, 0.4) is 0 Å². The Labute approximate surface area is 194 Å². The quantitative estimate of drug-likeness (QED) is 0.288. The Kier molecular flexibility index (Phi) is 10.9. The van der Waals surface area contributed by atoms with Gasteiger partial charge in [0.2, 0.25) is 5.75 Å². The molecule has 0 unspecified atom stereocenters. The number of hydrogen-bond donors (Lipinski definition) is 2. The molecule has 8 nitrogen and oxygen atoms in total. The van der Waals surface area contributed by atoms with Crippen LogP contribution in [0.5, 0.6) is 28.7 Å². The molecular formula is C21H30IN3O5. The zero-order valence-electron chi connectivity index (χ0n) is 18.2. The van der Waals surface area contributed by atoms with Gasteiger partial charge >= 0.3 is 0 Å². The molecular weight excluding hydrogens is 501 g/mol. The minimum Gasteiger partial charge on any atom is -0.493 e. The van der Waals surface area contributed by atoms with Crippen LogP contribution in [0, 0.1) is 0 Å². The maximum absolute atomic E-state index is 5.62. The average Bonchev–Trinajstić information content (AvgIpc) is 2.76. The Balaban J connectivity index is 0.00000450. The largest absolute Gasteiger partial charge is 0.493 e. The van der Waals surface area contributed by atoms with Crippen molar-refractivity contribution in [3.8, 4) is 28.7 Å². The van der Waals surface area contributed by atoms with Crippen LogP contribution < -0.4 is 34.3 Å². The fourth-order valence-electron chi connectivity index (χ4n) is 2.76. The van der Waals surface area contributed by atoms with E-state index in [0.29, 0.717) is 47.9 Å². The van der Waals surface area contributed by atoms with E-state index in [1.54, 1.807) is 35.5 Å². The van der Waals surface area contributed by atoms with Gasteiger partial charge in [-0.2, -0.15) is 0 Å². The number of aliphatic imine (C=N–C) groups is 1. The molecule has 0 aromatic heterocycles. The maximum atomic E-state index is 5.62. The summed E-state index contributed by atoms with van der Waals surface area (Å²) in [5.74, 6) is 3.71. The summed E-state index contributed by atoms with van der Waals surface area (Å²) in [5.41, 5.74) is 1.78. The van der Waals surface area contributed by atoms with Crippen molar-refractivity contribution in [3.63, 3.8) is 0 Å². The number of methoxy groups -OCH3 is 4. The highest BCUT2D eigenvalue weighted by Gasteiger charge is 2.13. The Morgan fingerprint density at radius 2 is 1.50 bits per heavy atom. The number of anilines is 1. The second-order valence-corrected chi connectivity index (χ2v) is 5.88. The number of guanidine groups is 1. The lowest BCUT2D eigenvalue weighted by atomic mass is 10.2. The normalized spacial score (nSPS) is 10.5. The first kappa shape index (κ1) is 25.5. The molecule has 0 amide bonds. The van der Waals surface area contributed by atoms with Crippen LogP contribution in [0.15, 0.2) is 35.3 Å². The number of ether oxygens (including phenoxy) is 5. The monoisotopic (exact) mass is 531 g/mol. The van der Waals surface area contributed by atoms with E-state index in [9.17, 15) is 0 Å². The van der Waals surface area contributed by atoms with Crippen LogP contribution in [-0.4, -0.2) is 48.1 Å². The Bertz CT molecular complexity index is 820. The van der Waals surface area contributed by atoms with Crippen LogP contribution in [-0.2, 0) is 6.54 Å². The fourth-order valence-corrected chi connectivity index (χ4v) is 2.76. The molecule has 9 heteroatoms. The Morgan fingerprint density at radius 3 is 2.00 bits per heavy atom. The smallest absolute Gasteiger partial charge is 0.203 e. The lowest BCUT2D eigenvalue weighted by Crippen LogP contribution is -2.30. The van der Waals surface area contributed by atoms with Gasteiger partial charge in [0, 0.05) is 25.3 Å². The molecule has 2 rings (SSSR count). The second kappa shape index (κ2) is 12.9. The summed E-state index contributed by atoms with van der Waals surface area (Å²) >= 11 is 0. The average molecular weight is 531 g/mol. The molecule has 0 aliphatic heterocycles. The van der Waals surface area contributed by atoms with E-state index >= 15 is 0 Å². The number of benzene rings is 2. The molecule has 0 aliphatic carbocycles. The Hall–Kier alpha value is -2.56. The van der Waals surface area contributed by atoms with E-state index in [1.165, 1.54) is 0 Å². The van der Waals surface area contributed by atoms with E-state index in [-0.39, 0.29) is 24.0 Å². The minimum atomic E-state index is 0. The van der Waals surface area contributed by atoms with E-state index in [4.69, 9.17) is 23.7 Å². The van der Waals surface area contributed by atoms with Crippen LogP contribution >= 0.6 is 24.0 Å². The maximum Gasteiger partial charge on any atom is 0.203 e. The molecule has 0 bridgehead atoms. The van der Waals surface area contributed by atoms with Gasteiger partial charge in [-0.3, -0.25) is 4.99 Å². The van der Waals surface area contributed by atoms with E-state index in [0.717, 1.165) is 11.3 Å². The summed E-state index contributed by atoms with van der Waals surface area (Å²) in [7, 11) is 8.08. The third-order valence-corrected chi connectivity index (χ3v) is 4.13. The third-order valence-electron chi connectivity index (χ3n) is 4.13. The first-order valence-electron chi connectivity index (χ1n) is 9.17. The molecule has 2 aromatic rings.